The minimum atomic E-state index is 0.324. The van der Waals surface area contributed by atoms with Gasteiger partial charge in [-0.05, 0) is 38.8 Å². The maximum Gasteiger partial charge on any atom is 0.0331 e. The van der Waals surface area contributed by atoms with Crippen LogP contribution >= 0.6 is 0 Å². The van der Waals surface area contributed by atoms with Crippen molar-refractivity contribution in [2.75, 3.05) is 19.6 Å². The molecule has 0 amide bonds. The molecule has 0 unspecified atom stereocenters. The van der Waals surface area contributed by atoms with Crippen molar-refractivity contribution < 1.29 is 0 Å². The van der Waals surface area contributed by atoms with E-state index in [4.69, 9.17) is 5.73 Å². The van der Waals surface area contributed by atoms with Crippen LogP contribution < -0.4 is 5.73 Å². The molecule has 0 aromatic heterocycles. The Morgan fingerprint density at radius 2 is 1.32 bits per heavy atom. The molecule has 2 heteroatoms. The molecule has 114 valence electrons. The number of unbranched alkanes of at least 4 members (excludes halogenated alkanes) is 2. The summed E-state index contributed by atoms with van der Waals surface area (Å²) in [6.07, 6.45) is 14.9. The van der Waals surface area contributed by atoms with E-state index in [-0.39, 0.29) is 0 Å². The molecule has 0 heterocycles. The van der Waals surface area contributed by atoms with Crippen molar-refractivity contribution in [3.63, 3.8) is 0 Å². The normalized spacial score (nSPS) is 20.2. The molecule has 1 aliphatic rings. The molecular weight excluding hydrogens is 232 g/mol. The van der Waals surface area contributed by atoms with E-state index in [0.29, 0.717) is 5.54 Å². The molecule has 1 saturated carbocycles. The van der Waals surface area contributed by atoms with E-state index in [9.17, 15) is 0 Å². The van der Waals surface area contributed by atoms with Gasteiger partial charge in [-0.3, -0.25) is 4.90 Å². The monoisotopic (exact) mass is 268 g/mol. The number of rotatable bonds is 8. The van der Waals surface area contributed by atoms with Gasteiger partial charge in [0, 0.05) is 12.1 Å². The van der Waals surface area contributed by atoms with Crippen LogP contribution in [0.25, 0.3) is 0 Å². The number of nitrogens with two attached hydrogens (primary N) is 1. The third kappa shape index (κ3) is 5.43. The first-order valence-corrected chi connectivity index (χ1v) is 8.74. The molecule has 1 fully saturated rings. The van der Waals surface area contributed by atoms with E-state index in [2.05, 4.69) is 18.7 Å². The van der Waals surface area contributed by atoms with Crippen LogP contribution in [0.15, 0.2) is 0 Å². The predicted octanol–water partition coefficient (Wildman–Crippen LogP) is 4.33. The van der Waals surface area contributed by atoms with Crippen LogP contribution in [0.1, 0.15) is 84.5 Å². The summed E-state index contributed by atoms with van der Waals surface area (Å²) in [5.74, 6) is 0. The largest absolute Gasteiger partial charge is 0.329 e. The predicted molar refractivity (Wildman–Crippen MR) is 85.5 cm³/mol. The number of hydrogen-bond donors (Lipinski definition) is 1. The van der Waals surface area contributed by atoms with E-state index in [1.165, 1.54) is 83.7 Å². The van der Waals surface area contributed by atoms with E-state index in [1.807, 2.05) is 0 Å². The molecule has 0 spiro atoms. The molecule has 0 saturated heterocycles. The molecule has 2 nitrogen and oxygen atoms in total. The highest BCUT2D eigenvalue weighted by Crippen LogP contribution is 2.31. The second kappa shape index (κ2) is 9.77. The average Bonchev–Trinajstić information content (AvgIpc) is 2.40. The van der Waals surface area contributed by atoms with Crippen LogP contribution in [0, 0.1) is 0 Å². The lowest BCUT2D eigenvalue weighted by atomic mass is 9.82. The zero-order valence-electron chi connectivity index (χ0n) is 13.4. The Bertz CT molecular complexity index is 199. The zero-order chi connectivity index (χ0) is 14.0. The van der Waals surface area contributed by atoms with Crippen LogP contribution in [0.5, 0.6) is 0 Å². The van der Waals surface area contributed by atoms with Gasteiger partial charge in [-0.2, -0.15) is 0 Å². The molecule has 2 N–H and O–H groups in total. The van der Waals surface area contributed by atoms with Crippen LogP contribution in [0.4, 0.5) is 0 Å². The fourth-order valence-electron chi connectivity index (χ4n) is 3.50. The third-order valence-corrected chi connectivity index (χ3v) is 4.90. The first-order chi connectivity index (χ1) is 9.29. The Morgan fingerprint density at radius 3 is 1.74 bits per heavy atom. The van der Waals surface area contributed by atoms with Crippen LogP contribution in [0.3, 0.4) is 0 Å². The fraction of sp³-hybridized carbons (Fsp3) is 1.00. The molecular formula is C17H36N2. The second-order valence-corrected chi connectivity index (χ2v) is 6.39. The highest BCUT2D eigenvalue weighted by molar-refractivity contribution is 4.92. The van der Waals surface area contributed by atoms with Crippen molar-refractivity contribution >= 4 is 0 Å². The summed E-state index contributed by atoms with van der Waals surface area (Å²) in [6.45, 7) is 7.97. The first-order valence-electron chi connectivity index (χ1n) is 8.74. The minimum Gasteiger partial charge on any atom is -0.329 e. The maximum absolute atomic E-state index is 6.26. The Morgan fingerprint density at radius 1 is 0.842 bits per heavy atom. The van der Waals surface area contributed by atoms with Gasteiger partial charge in [0.05, 0.1) is 0 Å². The molecule has 0 atom stereocenters. The van der Waals surface area contributed by atoms with Gasteiger partial charge in [0.15, 0.2) is 0 Å². The topological polar surface area (TPSA) is 29.3 Å². The van der Waals surface area contributed by atoms with Crippen molar-refractivity contribution in [3.8, 4) is 0 Å². The summed E-state index contributed by atoms with van der Waals surface area (Å²) in [4.78, 5) is 2.77. The molecule has 0 aromatic rings. The minimum absolute atomic E-state index is 0.324. The number of nitrogens with zero attached hydrogens (tertiary/aromatic N) is 1. The third-order valence-electron chi connectivity index (χ3n) is 4.90. The summed E-state index contributed by atoms with van der Waals surface area (Å²) in [5, 5.41) is 0. The van der Waals surface area contributed by atoms with E-state index >= 15 is 0 Å². The molecule has 1 rings (SSSR count). The van der Waals surface area contributed by atoms with Gasteiger partial charge in [0.25, 0.3) is 0 Å². The lowest BCUT2D eigenvalue weighted by Crippen LogP contribution is -2.54. The van der Waals surface area contributed by atoms with Gasteiger partial charge in [0.2, 0.25) is 0 Å². The van der Waals surface area contributed by atoms with E-state index in [1.54, 1.807) is 0 Å². The van der Waals surface area contributed by atoms with Gasteiger partial charge in [-0.15, -0.1) is 0 Å². The van der Waals surface area contributed by atoms with E-state index in [0.717, 1.165) is 6.54 Å². The number of hydrogen-bond acceptors (Lipinski definition) is 2. The second-order valence-electron chi connectivity index (χ2n) is 6.39. The van der Waals surface area contributed by atoms with Gasteiger partial charge >= 0.3 is 0 Å². The maximum atomic E-state index is 6.26. The SMILES string of the molecule is CCCCN(CCCC)C1(CN)CCCCCCC1. The molecule has 1 aliphatic carbocycles. The van der Waals surface area contributed by atoms with Crippen LogP contribution in [-0.2, 0) is 0 Å². The Kier molecular flexibility index (Phi) is 8.72. The summed E-state index contributed by atoms with van der Waals surface area (Å²) < 4.78 is 0. The molecule has 19 heavy (non-hydrogen) atoms. The van der Waals surface area contributed by atoms with Crippen molar-refractivity contribution in [3.05, 3.63) is 0 Å². The van der Waals surface area contributed by atoms with Gasteiger partial charge in [-0.1, -0.05) is 58.8 Å². The molecule has 0 aliphatic heterocycles. The summed E-state index contributed by atoms with van der Waals surface area (Å²) in [6, 6.07) is 0. The lowest BCUT2D eigenvalue weighted by Gasteiger charge is -2.45. The van der Waals surface area contributed by atoms with Crippen LogP contribution in [-0.4, -0.2) is 30.1 Å². The average molecular weight is 268 g/mol. The highest BCUT2D eigenvalue weighted by Gasteiger charge is 2.34. The fourth-order valence-corrected chi connectivity index (χ4v) is 3.50. The quantitative estimate of drug-likeness (QED) is 0.710. The zero-order valence-corrected chi connectivity index (χ0v) is 13.4. The summed E-state index contributed by atoms with van der Waals surface area (Å²) in [7, 11) is 0. The first kappa shape index (κ1) is 17.0. The molecule has 0 aromatic carbocycles. The van der Waals surface area contributed by atoms with Gasteiger partial charge < -0.3 is 5.73 Å². The Hall–Kier alpha value is -0.0800. The smallest absolute Gasteiger partial charge is 0.0331 e. The molecule has 0 bridgehead atoms. The van der Waals surface area contributed by atoms with E-state index < -0.39 is 0 Å². The van der Waals surface area contributed by atoms with Crippen LogP contribution in [0.2, 0.25) is 0 Å². The Balaban J connectivity index is 2.70. The highest BCUT2D eigenvalue weighted by atomic mass is 15.2. The van der Waals surface area contributed by atoms with Crippen molar-refractivity contribution in [1.29, 1.82) is 0 Å². The Labute approximate surface area is 121 Å². The molecule has 0 radical (unpaired) electrons. The standard InChI is InChI=1S/C17H36N2/c1-3-5-14-19(15-6-4-2)17(16-18)12-10-8-7-9-11-13-17/h3-16,18H2,1-2H3. The van der Waals surface area contributed by atoms with Gasteiger partial charge in [0.1, 0.15) is 0 Å². The summed E-state index contributed by atoms with van der Waals surface area (Å²) >= 11 is 0. The van der Waals surface area contributed by atoms with Crippen molar-refractivity contribution in [1.82, 2.24) is 4.90 Å². The lowest BCUT2D eigenvalue weighted by molar-refractivity contribution is 0.0635. The van der Waals surface area contributed by atoms with Crippen molar-refractivity contribution in [2.45, 2.75) is 90.0 Å². The van der Waals surface area contributed by atoms with Gasteiger partial charge in [-0.25, -0.2) is 0 Å². The van der Waals surface area contributed by atoms with Crippen molar-refractivity contribution in [2.24, 2.45) is 5.73 Å². The summed E-state index contributed by atoms with van der Waals surface area (Å²) in [5.41, 5.74) is 6.59.